The van der Waals surface area contributed by atoms with Gasteiger partial charge in [0.05, 0.1) is 18.9 Å². The number of aryl methyl sites for hydroxylation is 1. The van der Waals surface area contributed by atoms with Crippen LogP contribution in [-0.2, 0) is 20.7 Å². The smallest absolute Gasteiger partial charge is 0.306 e. The summed E-state index contributed by atoms with van der Waals surface area (Å²) in [5.74, 6) is -0.582. The quantitative estimate of drug-likeness (QED) is 0.790. The van der Waals surface area contributed by atoms with E-state index in [-0.39, 0.29) is 24.1 Å². The zero-order valence-electron chi connectivity index (χ0n) is 10.2. The minimum atomic E-state index is -0.370. The minimum absolute atomic E-state index is 0.109. The summed E-state index contributed by atoms with van der Waals surface area (Å²) in [5, 5.41) is 0.665. The number of ketones is 1. The Morgan fingerprint density at radius 3 is 2.94 bits per heavy atom. The molecule has 1 unspecified atom stereocenters. The molecule has 18 heavy (non-hydrogen) atoms. The molecule has 96 valence electrons. The van der Waals surface area contributed by atoms with Crippen molar-refractivity contribution in [2.24, 2.45) is 0 Å². The van der Waals surface area contributed by atoms with Crippen LogP contribution in [0.4, 0.5) is 0 Å². The summed E-state index contributed by atoms with van der Waals surface area (Å²) >= 11 is 5.94. The fourth-order valence-corrected chi connectivity index (χ4v) is 2.54. The van der Waals surface area contributed by atoms with Gasteiger partial charge in [0, 0.05) is 11.4 Å². The maximum absolute atomic E-state index is 11.9. The SMILES string of the molecule is CCOC(=O)CC1C(=O)CCc2cc(Cl)ccc21. The Morgan fingerprint density at radius 2 is 2.22 bits per heavy atom. The first kappa shape index (κ1) is 13.1. The second-order valence-corrected chi connectivity index (χ2v) is 4.81. The van der Waals surface area contributed by atoms with Crippen LogP contribution in [0, 0.1) is 0 Å². The van der Waals surface area contributed by atoms with Crippen molar-refractivity contribution in [2.45, 2.75) is 32.1 Å². The Bertz CT molecular complexity index is 482. The first-order chi connectivity index (χ1) is 8.61. The Balaban J connectivity index is 2.25. The Kier molecular flexibility index (Phi) is 4.02. The van der Waals surface area contributed by atoms with Crippen LogP contribution in [0.2, 0.25) is 5.02 Å². The summed E-state index contributed by atoms with van der Waals surface area (Å²) in [5.41, 5.74) is 1.99. The van der Waals surface area contributed by atoms with Gasteiger partial charge in [-0.15, -0.1) is 0 Å². The molecule has 1 aromatic rings. The standard InChI is InChI=1S/C14H15ClO3/c1-2-18-14(17)8-12-11-5-4-10(15)7-9(11)3-6-13(12)16/h4-5,7,12H,2-3,6,8H2,1H3. The van der Waals surface area contributed by atoms with Gasteiger partial charge in [0.25, 0.3) is 0 Å². The van der Waals surface area contributed by atoms with Gasteiger partial charge in [0.2, 0.25) is 0 Å². The molecule has 0 bridgehead atoms. The number of carbonyl (C=O) groups excluding carboxylic acids is 2. The molecular formula is C14H15ClO3. The van der Waals surface area contributed by atoms with Crippen molar-refractivity contribution in [2.75, 3.05) is 6.61 Å². The van der Waals surface area contributed by atoms with Crippen molar-refractivity contribution in [3.8, 4) is 0 Å². The van der Waals surface area contributed by atoms with E-state index >= 15 is 0 Å². The third kappa shape index (κ3) is 2.72. The van der Waals surface area contributed by atoms with E-state index in [4.69, 9.17) is 16.3 Å². The van der Waals surface area contributed by atoms with E-state index in [0.717, 1.165) is 11.1 Å². The summed E-state index contributed by atoms with van der Waals surface area (Å²) in [4.78, 5) is 23.5. The molecular weight excluding hydrogens is 252 g/mol. The van der Waals surface area contributed by atoms with Crippen molar-refractivity contribution >= 4 is 23.4 Å². The van der Waals surface area contributed by atoms with E-state index in [1.165, 1.54) is 0 Å². The molecule has 0 fully saturated rings. The maximum Gasteiger partial charge on any atom is 0.306 e. The molecule has 0 aromatic heterocycles. The lowest BCUT2D eigenvalue weighted by Crippen LogP contribution is -2.23. The van der Waals surface area contributed by atoms with Gasteiger partial charge >= 0.3 is 5.97 Å². The first-order valence-corrected chi connectivity index (χ1v) is 6.46. The summed E-state index contributed by atoms with van der Waals surface area (Å²) in [6, 6.07) is 5.48. The monoisotopic (exact) mass is 266 g/mol. The van der Waals surface area contributed by atoms with Crippen LogP contribution in [-0.4, -0.2) is 18.4 Å². The number of rotatable bonds is 3. The fourth-order valence-electron chi connectivity index (χ4n) is 2.35. The molecule has 4 heteroatoms. The fraction of sp³-hybridized carbons (Fsp3) is 0.429. The van der Waals surface area contributed by atoms with Gasteiger partial charge in [0.1, 0.15) is 5.78 Å². The van der Waals surface area contributed by atoms with E-state index in [1.807, 2.05) is 12.1 Å². The molecule has 1 aliphatic carbocycles. The van der Waals surface area contributed by atoms with Gasteiger partial charge < -0.3 is 4.74 Å². The molecule has 1 aromatic carbocycles. The van der Waals surface area contributed by atoms with Gasteiger partial charge in [-0.05, 0) is 36.6 Å². The highest BCUT2D eigenvalue weighted by Crippen LogP contribution is 2.33. The van der Waals surface area contributed by atoms with Gasteiger partial charge in [0.15, 0.2) is 0 Å². The van der Waals surface area contributed by atoms with Crippen LogP contribution in [0.15, 0.2) is 18.2 Å². The summed E-state index contributed by atoms with van der Waals surface area (Å²) in [6.07, 6.45) is 1.30. The van der Waals surface area contributed by atoms with E-state index in [2.05, 4.69) is 0 Å². The molecule has 0 saturated heterocycles. The number of halogens is 1. The van der Waals surface area contributed by atoms with Crippen molar-refractivity contribution < 1.29 is 14.3 Å². The Morgan fingerprint density at radius 1 is 1.44 bits per heavy atom. The van der Waals surface area contributed by atoms with E-state index in [1.54, 1.807) is 13.0 Å². The van der Waals surface area contributed by atoms with Gasteiger partial charge in [-0.3, -0.25) is 9.59 Å². The molecule has 0 saturated carbocycles. The lowest BCUT2D eigenvalue weighted by atomic mass is 9.80. The number of hydrogen-bond donors (Lipinski definition) is 0. The number of carbonyl (C=O) groups is 2. The number of ether oxygens (including phenoxy) is 1. The predicted molar refractivity (Wildman–Crippen MR) is 68.8 cm³/mol. The number of benzene rings is 1. The van der Waals surface area contributed by atoms with E-state index in [9.17, 15) is 9.59 Å². The van der Waals surface area contributed by atoms with Crippen LogP contribution < -0.4 is 0 Å². The molecule has 1 aliphatic rings. The van der Waals surface area contributed by atoms with Gasteiger partial charge in [-0.1, -0.05) is 17.7 Å². The first-order valence-electron chi connectivity index (χ1n) is 6.08. The maximum atomic E-state index is 11.9. The van der Waals surface area contributed by atoms with Crippen LogP contribution in [0.5, 0.6) is 0 Å². The topological polar surface area (TPSA) is 43.4 Å². The van der Waals surface area contributed by atoms with Crippen LogP contribution >= 0.6 is 11.6 Å². The van der Waals surface area contributed by atoms with Gasteiger partial charge in [-0.2, -0.15) is 0 Å². The highest BCUT2D eigenvalue weighted by molar-refractivity contribution is 6.30. The molecule has 0 heterocycles. The highest BCUT2D eigenvalue weighted by Gasteiger charge is 2.29. The number of esters is 1. The van der Waals surface area contributed by atoms with Crippen molar-refractivity contribution in [3.05, 3.63) is 34.3 Å². The van der Waals surface area contributed by atoms with E-state index < -0.39 is 0 Å². The highest BCUT2D eigenvalue weighted by atomic mass is 35.5. The normalized spacial score (nSPS) is 18.3. The molecule has 3 nitrogen and oxygen atoms in total. The number of Topliss-reactive ketones (excluding diaryl/α,β-unsaturated/α-hetero) is 1. The van der Waals surface area contributed by atoms with E-state index in [0.29, 0.717) is 24.5 Å². The molecule has 0 amide bonds. The minimum Gasteiger partial charge on any atom is -0.466 e. The lowest BCUT2D eigenvalue weighted by molar-refractivity contribution is -0.145. The predicted octanol–water partition coefficient (Wildman–Crippen LogP) is 2.89. The molecule has 1 atom stereocenters. The van der Waals surface area contributed by atoms with Crippen LogP contribution in [0.3, 0.4) is 0 Å². The van der Waals surface area contributed by atoms with Crippen molar-refractivity contribution in [1.82, 2.24) is 0 Å². The third-order valence-corrected chi connectivity index (χ3v) is 3.42. The second kappa shape index (κ2) is 5.53. The molecule has 2 rings (SSSR count). The van der Waals surface area contributed by atoms with Crippen molar-refractivity contribution in [3.63, 3.8) is 0 Å². The molecule has 0 spiro atoms. The Hall–Kier alpha value is -1.35. The average Bonchev–Trinajstić information content (AvgIpc) is 2.33. The number of fused-ring (bicyclic) bond motifs is 1. The zero-order valence-corrected chi connectivity index (χ0v) is 11.0. The summed E-state index contributed by atoms with van der Waals surface area (Å²) < 4.78 is 4.91. The largest absolute Gasteiger partial charge is 0.466 e. The lowest BCUT2D eigenvalue weighted by Gasteiger charge is -2.23. The average molecular weight is 267 g/mol. The molecule has 0 aliphatic heterocycles. The van der Waals surface area contributed by atoms with Crippen molar-refractivity contribution in [1.29, 1.82) is 0 Å². The summed E-state index contributed by atoms with van der Waals surface area (Å²) in [7, 11) is 0. The Labute approximate surface area is 111 Å². The van der Waals surface area contributed by atoms with Crippen LogP contribution in [0.1, 0.15) is 36.8 Å². The molecule has 0 radical (unpaired) electrons. The second-order valence-electron chi connectivity index (χ2n) is 4.37. The van der Waals surface area contributed by atoms with Crippen LogP contribution in [0.25, 0.3) is 0 Å². The summed E-state index contributed by atoms with van der Waals surface area (Å²) in [6.45, 7) is 2.10. The van der Waals surface area contributed by atoms with Gasteiger partial charge in [-0.25, -0.2) is 0 Å². The number of hydrogen-bond acceptors (Lipinski definition) is 3. The molecule has 0 N–H and O–H groups in total. The zero-order chi connectivity index (χ0) is 13.1. The third-order valence-electron chi connectivity index (χ3n) is 3.19.